The van der Waals surface area contributed by atoms with E-state index in [1.54, 1.807) is 83.2 Å². The molecule has 11 heteroatoms. The smallest absolute Gasteiger partial charge is 0.339 e. The normalized spacial score (nSPS) is 14.9. The minimum absolute atomic E-state index is 0.286. The van der Waals surface area contributed by atoms with Crippen molar-refractivity contribution in [2.24, 2.45) is 4.99 Å². The zero-order chi connectivity index (χ0) is 32.4. The summed E-state index contributed by atoms with van der Waals surface area (Å²) in [4.78, 5) is 45.2. The molecule has 0 spiro atoms. The number of hydrogen-bond acceptors (Lipinski definition) is 9. The number of hydrogen-bond donors (Lipinski definition) is 0. The van der Waals surface area contributed by atoms with E-state index in [0.717, 1.165) is 0 Å². The summed E-state index contributed by atoms with van der Waals surface area (Å²) in [5.74, 6) is 0.401. The molecule has 0 N–H and O–H groups in total. The third-order valence-corrected chi connectivity index (χ3v) is 8.02. The third kappa shape index (κ3) is 6.82. The van der Waals surface area contributed by atoms with E-state index in [-0.39, 0.29) is 23.3 Å². The standard InChI is InChI=1S/C34H33ClN2O7S/c1-7-41-23-11-8-21(9-12-23)30-29(33(40)43-19(4)5)20(6)36-34-37(30)31(38)28(45-34)17-24-13-15-27(44-24)26-16-22(35)10-14-25(26)32(39)42-18(2)3/h8-19,30H,7H2,1-6H3/b28-17-/t30-/m1/s1. The van der Waals surface area contributed by atoms with Crippen LogP contribution < -0.4 is 19.6 Å². The number of rotatable bonds is 9. The molecule has 2 aromatic carbocycles. The Morgan fingerprint density at radius 3 is 2.38 bits per heavy atom. The van der Waals surface area contributed by atoms with Crippen molar-refractivity contribution in [1.29, 1.82) is 0 Å². The first-order valence-electron chi connectivity index (χ1n) is 14.5. The fourth-order valence-electron chi connectivity index (χ4n) is 4.97. The molecule has 5 rings (SSSR count). The Morgan fingerprint density at radius 1 is 1.02 bits per heavy atom. The van der Waals surface area contributed by atoms with Gasteiger partial charge in [-0.05, 0) is 89.6 Å². The molecule has 1 aliphatic rings. The molecular weight excluding hydrogens is 616 g/mol. The molecule has 0 fully saturated rings. The predicted octanol–water partition coefficient (Wildman–Crippen LogP) is 6.06. The molecule has 45 heavy (non-hydrogen) atoms. The summed E-state index contributed by atoms with van der Waals surface area (Å²) in [6.07, 6.45) is 0.954. The van der Waals surface area contributed by atoms with E-state index < -0.39 is 18.0 Å². The van der Waals surface area contributed by atoms with E-state index in [2.05, 4.69) is 4.99 Å². The Hall–Kier alpha value is -4.41. The number of fused-ring (bicyclic) bond motifs is 1. The van der Waals surface area contributed by atoms with Crippen LogP contribution in [0, 0.1) is 0 Å². The fraction of sp³-hybridized carbons (Fsp3) is 0.294. The van der Waals surface area contributed by atoms with Crippen LogP contribution in [0.4, 0.5) is 0 Å². The van der Waals surface area contributed by atoms with Crippen molar-refractivity contribution in [3.63, 3.8) is 0 Å². The van der Waals surface area contributed by atoms with Gasteiger partial charge in [-0.1, -0.05) is 35.1 Å². The van der Waals surface area contributed by atoms with Crippen LogP contribution in [0.2, 0.25) is 5.02 Å². The SMILES string of the molecule is CCOc1ccc([C@@H]2C(C(=O)OC(C)C)=C(C)N=c3s/c(=C\c4ccc(-c5cc(Cl)ccc5C(=O)OC(C)C)o4)c(=O)n32)cc1. The first-order valence-corrected chi connectivity index (χ1v) is 15.7. The Kier molecular flexibility index (Phi) is 9.45. The minimum Gasteiger partial charge on any atom is -0.494 e. The van der Waals surface area contributed by atoms with E-state index in [0.29, 0.717) is 60.6 Å². The van der Waals surface area contributed by atoms with Gasteiger partial charge in [0.15, 0.2) is 4.80 Å². The monoisotopic (exact) mass is 648 g/mol. The highest BCUT2D eigenvalue weighted by atomic mass is 35.5. The summed E-state index contributed by atoms with van der Waals surface area (Å²) >= 11 is 7.44. The average Bonchev–Trinajstić information content (AvgIpc) is 3.56. The van der Waals surface area contributed by atoms with Crippen molar-refractivity contribution in [3.05, 3.63) is 107 Å². The predicted molar refractivity (Wildman–Crippen MR) is 172 cm³/mol. The van der Waals surface area contributed by atoms with Crippen LogP contribution in [0.3, 0.4) is 0 Å². The maximum Gasteiger partial charge on any atom is 0.339 e. The highest BCUT2D eigenvalue weighted by Gasteiger charge is 2.34. The lowest BCUT2D eigenvalue weighted by Crippen LogP contribution is -2.40. The maximum absolute atomic E-state index is 14.0. The first kappa shape index (κ1) is 32.0. The first-order chi connectivity index (χ1) is 21.5. The van der Waals surface area contributed by atoms with Gasteiger partial charge >= 0.3 is 11.9 Å². The van der Waals surface area contributed by atoms with Gasteiger partial charge in [0.05, 0.1) is 46.2 Å². The molecule has 4 aromatic rings. The largest absolute Gasteiger partial charge is 0.494 e. The molecule has 0 unspecified atom stereocenters. The lowest BCUT2D eigenvalue weighted by Gasteiger charge is -2.25. The Labute approximate surface area is 269 Å². The lowest BCUT2D eigenvalue weighted by atomic mass is 9.96. The van der Waals surface area contributed by atoms with Crippen molar-refractivity contribution in [2.45, 2.75) is 59.8 Å². The maximum atomic E-state index is 14.0. The number of esters is 2. The van der Waals surface area contributed by atoms with Crippen molar-refractivity contribution in [3.8, 4) is 17.1 Å². The molecule has 1 aliphatic heterocycles. The number of carbonyl (C=O) groups excluding carboxylic acids is 2. The van der Waals surface area contributed by atoms with E-state index in [1.807, 2.05) is 19.1 Å². The van der Waals surface area contributed by atoms with Crippen LogP contribution in [0.25, 0.3) is 17.4 Å². The summed E-state index contributed by atoms with van der Waals surface area (Å²) in [7, 11) is 0. The number of carbonyl (C=O) groups is 2. The van der Waals surface area contributed by atoms with Gasteiger partial charge in [-0.2, -0.15) is 0 Å². The molecule has 0 radical (unpaired) electrons. The molecule has 234 valence electrons. The van der Waals surface area contributed by atoms with Crippen LogP contribution in [-0.4, -0.2) is 35.3 Å². The highest BCUT2D eigenvalue weighted by Crippen LogP contribution is 2.33. The van der Waals surface area contributed by atoms with Gasteiger partial charge in [-0.25, -0.2) is 14.6 Å². The number of aromatic nitrogens is 1. The van der Waals surface area contributed by atoms with E-state index in [4.69, 9.17) is 30.2 Å². The van der Waals surface area contributed by atoms with Crippen molar-refractivity contribution in [2.75, 3.05) is 6.61 Å². The van der Waals surface area contributed by atoms with Crippen LogP contribution in [-0.2, 0) is 14.3 Å². The highest BCUT2D eigenvalue weighted by molar-refractivity contribution is 7.07. The van der Waals surface area contributed by atoms with Gasteiger partial charge in [0.1, 0.15) is 17.3 Å². The molecule has 1 atom stereocenters. The minimum atomic E-state index is -0.765. The lowest BCUT2D eigenvalue weighted by molar-refractivity contribution is -0.143. The van der Waals surface area contributed by atoms with Gasteiger partial charge in [-0.3, -0.25) is 9.36 Å². The van der Waals surface area contributed by atoms with Gasteiger partial charge in [0.2, 0.25) is 0 Å². The van der Waals surface area contributed by atoms with Gasteiger partial charge in [0.25, 0.3) is 5.56 Å². The summed E-state index contributed by atoms with van der Waals surface area (Å²) in [6, 6.07) is 14.8. The second-order valence-electron chi connectivity index (χ2n) is 10.9. The van der Waals surface area contributed by atoms with Crippen molar-refractivity contribution < 1.29 is 28.2 Å². The second kappa shape index (κ2) is 13.3. The summed E-state index contributed by atoms with van der Waals surface area (Å²) in [5.41, 5.74) is 1.89. The number of thiazole rings is 1. The Balaban J connectivity index is 1.60. The molecule has 9 nitrogen and oxygen atoms in total. The van der Waals surface area contributed by atoms with E-state index in [1.165, 1.54) is 15.9 Å². The number of allylic oxidation sites excluding steroid dienone is 1. The van der Waals surface area contributed by atoms with Crippen LogP contribution in [0.5, 0.6) is 5.75 Å². The summed E-state index contributed by atoms with van der Waals surface area (Å²) in [6.45, 7) is 11.2. The molecule has 0 bridgehead atoms. The molecule has 0 amide bonds. The Bertz CT molecular complexity index is 1970. The molecule has 3 heterocycles. The van der Waals surface area contributed by atoms with Crippen LogP contribution in [0.1, 0.15) is 69.3 Å². The topological polar surface area (TPSA) is 109 Å². The van der Waals surface area contributed by atoms with E-state index >= 15 is 0 Å². The van der Waals surface area contributed by atoms with Crippen LogP contribution >= 0.6 is 22.9 Å². The van der Waals surface area contributed by atoms with Gasteiger partial charge < -0.3 is 18.6 Å². The summed E-state index contributed by atoms with van der Waals surface area (Å²) in [5, 5.41) is 0.425. The Morgan fingerprint density at radius 2 is 1.71 bits per heavy atom. The molecule has 0 saturated heterocycles. The van der Waals surface area contributed by atoms with Crippen LogP contribution in [0.15, 0.2) is 80.1 Å². The quantitative estimate of drug-likeness (QED) is 0.203. The van der Waals surface area contributed by atoms with Crippen molar-refractivity contribution in [1.82, 2.24) is 4.57 Å². The number of halogens is 1. The zero-order valence-electron chi connectivity index (χ0n) is 25.8. The second-order valence-corrected chi connectivity index (χ2v) is 12.3. The fourth-order valence-corrected chi connectivity index (χ4v) is 6.17. The van der Waals surface area contributed by atoms with Gasteiger partial charge in [-0.15, -0.1) is 0 Å². The number of nitrogens with zero attached hydrogens (tertiary/aromatic N) is 2. The van der Waals surface area contributed by atoms with E-state index in [9.17, 15) is 14.4 Å². The molecule has 0 saturated carbocycles. The average molecular weight is 649 g/mol. The number of benzene rings is 2. The number of furan rings is 1. The zero-order valence-corrected chi connectivity index (χ0v) is 27.3. The van der Waals surface area contributed by atoms with Gasteiger partial charge in [0, 0.05) is 16.7 Å². The number of ether oxygens (including phenoxy) is 3. The third-order valence-electron chi connectivity index (χ3n) is 6.80. The molecular formula is C34H33ClN2O7S. The van der Waals surface area contributed by atoms with Crippen molar-refractivity contribution >= 4 is 41.0 Å². The molecule has 0 aliphatic carbocycles. The molecule has 2 aromatic heterocycles. The summed E-state index contributed by atoms with van der Waals surface area (Å²) < 4.78 is 24.5.